The third-order valence-electron chi connectivity index (χ3n) is 3.60. The van der Waals surface area contributed by atoms with Crippen LogP contribution in [0, 0.1) is 6.92 Å². The number of nitrogens with zero attached hydrogens (tertiary/aromatic N) is 1. The summed E-state index contributed by atoms with van der Waals surface area (Å²) < 4.78 is 11.2. The van der Waals surface area contributed by atoms with Crippen molar-refractivity contribution in [3.05, 3.63) is 23.8 Å². The Morgan fingerprint density at radius 2 is 2.20 bits per heavy atom. The van der Waals surface area contributed by atoms with Gasteiger partial charge < -0.3 is 20.1 Å². The summed E-state index contributed by atoms with van der Waals surface area (Å²) in [6, 6.07) is 6.59. The lowest BCUT2D eigenvalue weighted by atomic mass is 10.0. The van der Waals surface area contributed by atoms with Crippen LogP contribution in [-0.4, -0.2) is 39.0 Å². The summed E-state index contributed by atoms with van der Waals surface area (Å²) in [7, 11) is 0. The Morgan fingerprint density at radius 1 is 1.35 bits per heavy atom. The fourth-order valence-electron chi connectivity index (χ4n) is 2.58. The Balaban J connectivity index is 2.06. The summed E-state index contributed by atoms with van der Waals surface area (Å²) in [6.07, 6.45) is 2.26. The van der Waals surface area contributed by atoms with E-state index in [1.165, 1.54) is 5.56 Å². The van der Waals surface area contributed by atoms with E-state index in [4.69, 9.17) is 15.2 Å². The molecule has 4 nitrogen and oxygen atoms in total. The second-order valence-corrected chi connectivity index (χ2v) is 5.36. The molecule has 20 heavy (non-hydrogen) atoms. The van der Waals surface area contributed by atoms with E-state index in [0.717, 1.165) is 44.0 Å². The van der Waals surface area contributed by atoms with Gasteiger partial charge in [-0.2, -0.15) is 0 Å². The number of ether oxygens (including phenoxy) is 2. The molecule has 1 aliphatic rings. The summed E-state index contributed by atoms with van der Waals surface area (Å²) in [5.74, 6) is 0.935. The van der Waals surface area contributed by atoms with Crippen LogP contribution in [0.1, 0.15) is 25.3 Å². The van der Waals surface area contributed by atoms with Crippen molar-refractivity contribution < 1.29 is 9.47 Å². The normalized spacial score (nSPS) is 19.1. The highest BCUT2D eigenvalue weighted by Gasteiger charge is 2.20. The van der Waals surface area contributed by atoms with E-state index >= 15 is 0 Å². The van der Waals surface area contributed by atoms with Gasteiger partial charge in [0.2, 0.25) is 0 Å². The second kappa shape index (κ2) is 7.50. The third-order valence-corrected chi connectivity index (χ3v) is 3.60. The van der Waals surface area contributed by atoms with Crippen LogP contribution in [0.15, 0.2) is 18.2 Å². The Kier molecular flexibility index (Phi) is 5.68. The van der Waals surface area contributed by atoms with Crippen LogP contribution < -0.4 is 15.4 Å². The molecule has 0 aromatic heterocycles. The zero-order valence-corrected chi connectivity index (χ0v) is 12.6. The van der Waals surface area contributed by atoms with E-state index in [9.17, 15) is 0 Å². The molecule has 1 heterocycles. The molecule has 1 aromatic rings. The van der Waals surface area contributed by atoms with Crippen LogP contribution in [0.4, 0.5) is 5.69 Å². The van der Waals surface area contributed by atoms with Crippen LogP contribution in [0.25, 0.3) is 0 Å². The van der Waals surface area contributed by atoms with Gasteiger partial charge in [0.05, 0.1) is 12.3 Å². The minimum atomic E-state index is 0.264. The summed E-state index contributed by atoms with van der Waals surface area (Å²) in [5, 5.41) is 0. The molecule has 0 radical (unpaired) electrons. The van der Waals surface area contributed by atoms with E-state index in [1.807, 2.05) is 6.92 Å². The van der Waals surface area contributed by atoms with E-state index < -0.39 is 0 Å². The van der Waals surface area contributed by atoms with Crippen molar-refractivity contribution in [1.82, 2.24) is 0 Å². The Bertz CT molecular complexity index is 423. The average Bonchev–Trinajstić information content (AvgIpc) is 2.45. The van der Waals surface area contributed by atoms with Gasteiger partial charge in [0.15, 0.2) is 0 Å². The van der Waals surface area contributed by atoms with Gasteiger partial charge in [-0.15, -0.1) is 0 Å². The summed E-state index contributed by atoms with van der Waals surface area (Å²) in [4.78, 5) is 2.34. The number of hydrogen-bond acceptors (Lipinski definition) is 4. The van der Waals surface area contributed by atoms with Gasteiger partial charge >= 0.3 is 0 Å². The number of rotatable bonds is 6. The SMILES string of the molecule is CCOCCOc1ccc(C)cc1N1CCCC(N)C1. The van der Waals surface area contributed by atoms with Gasteiger partial charge in [0.1, 0.15) is 12.4 Å². The molecule has 2 N–H and O–H groups in total. The van der Waals surface area contributed by atoms with Crippen molar-refractivity contribution >= 4 is 5.69 Å². The Labute approximate surface area is 121 Å². The van der Waals surface area contributed by atoms with Crippen LogP contribution >= 0.6 is 0 Å². The molecule has 1 saturated heterocycles. The van der Waals surface area contributed by atoms with Gasteiger partial charge in [-0.3, -0.25) is 0 Å². The zero-order chi connectivity index (χ0) is 14.4. The molecule has 1 aromatic carbocycles. The number of hydrogen-bond donors (Lipinski definition) is 1. The van der Waals surface area contributed by atoms with Gasteiger partial charge in [0, 0.05) is 25.7 Å². The maximum Gasteiger partial charge on any atom is 0.142 e. The van der Waals surface area contributed by atoms with E-state index in [2.05, 4.69) is 30.0 Å². The monoisotopic (exact) mass is 278 g/mol. The first-order valence-electron chi connectivity index (χ1n) is 7.52. The fraction of sp³-hybridized carbons (Fsp3) is 0.625. The van der Waals surface area contributed by atoms with Gasteiger partial charge in [0.25, 0.3) is 0 Å². The molecule has 1 atom stereocenters. The minimum absolute atomic E-state index is 0.264. The fourth-order valence-corrected chi connectivity index (χ4v) is 2.58. The molecule has 0 amide bonds. The molecule has 1 unspecified atom stereocenters. The van der Waals surface area contributed by atoms with Crippen LogP contribution in [0.5, 0.6) is 5.75 Å². The second-order valence-electron chi connectivity index (χ2n) is 5.36. The molecule has 2 rings (SSSR count). The Morgan fingerprint density at radius 3 is 2.95 bits per heavy atom. The summed E-state index contributed by atoms with van der Waals surface area (Å²) in [6.45, 7) is 8.01. The highest BCUT2D eigenvalue weighted by molar-refractivity contribution is 5.60. The number of aryl methyl sites for hydroxylation is 1. The molecule has 0 spiro atoms. The number of anilines is 1. The molecule has 0 aliphatic carbocycles. The first-order valence-corrected chi connectivity index (χ1v) is 7.52. The van der Waals surface area contributed by atoms with Crippen molar-refractivity contribution in [3.63, 3.8) is 0 Å². The molecule has 4 heteroatoms. The minimum Gasteiger partial charge on any atom is -0.489 e. The van der Waals surface area contributed by atoms with Crippen LogP contribution in [0.2, 0.25) is 0 Å². The predicted octanol–water partition coefficient (Wildman–Crippen LogP) is 2.34. The lowest BCUT2D eigenvalue weighted by Crippen LogP contribution is -2.43. The van der Waals surface area contributed by atoms with E-state index in [0.29, 0.717) is 13.2 Å². The highest BCUT2D eigenvalue weighted by atomic mass is 16.5. The number of nitrogens with two attached hydrogens (primary N) is 1. The van der Waals surface area contributed by atoms with Gasteiger partial charge in [-0.1, -0.05) is 6.07 Å². The first-order chi connectivity index (χ1) is 9.70. The molecular weight excluding hydrogens is 252 g/mol. The smallest absolute Gasteiger partial charge is 0.142 e. The maximum atomic E-state index is 6.09. The van der Waals surface area contributed by atoms with Crippen molar-refractivity contribution in [2.45, 2.75) is 32.7 Å². The van der Waals surface area contributed by atoms with Crippen molar-refractivity contribution in [1.29, 1.82) is 0 Å². The molecule has 1 aliphatic heterocycles. The Hall–Kier alpha value is -1.26. The highest BCUT2D eigenvalue weighted by Crippen LogP contribution is 2.31. The lowest BCUT2D eigenvalue weighted by molar-refractivity contribution is 0.110. The average molecular weight is 278 g/mol. The predicted molar refractivity (Wildman–Crippen MR) is 82.6 cm³/mol. The molecule has 0 bridgehead atoms. The molecule has 112 valence electrons. The van der Waals surface area contributed by atoms with E-state index in [1.54, 1.807) is 0 Å². The quantitative estimate of drug-likeness (QED) is 0.811. The topological polar surface area (TPSA) is 47.7 Å². The first kappa shape index (κ1) is 15.1. The van der Waals surface area contributed by atoms with Crippen molar-refractivity contribution in [3.8, 4) is 5.75 Å². The van der Waals surface area contributed by atoms with Crippen molar-refractivity contribution in [2.24, 2.45) is 5.73 Å². The van der Waals surface area contributed by atoms with Crippen LogP contribution in [-0.2, 0) is 4.74 Å². The van der Waals surface area contributed by atoms with Gasteiger partial charge in [-0.05, 0) is 44.4 Å². The van der Waals surface area contributed by atoms with E-state index in [-0.39, 0.29) is 6.04 Å². The standard InChI is InChI=1S/C16H26N2O2/c1-3-19-9-10-20-16-7-6-13(2)11-15(16)18-8-4-5-14(17)12-18/h6-7,11,14H,3-5,8-10,12,17H2,1-2H3. The molecular formula is C16H26N2O2. The molecule has 0 saturated carbocycles. The third kappa shape index (κ3) is 4.12. The number of piperidine rings is 1. The summed E-state index contributed by atoms with van der Waals surface area (Å²) in [5.41, 5.74) is 8.50. The molecule has 1 fully saturated rings. The largest absolute Gasteiger partial charge is 0.489 e. The van der Waals surface area contributed by atoms with Gasteiger partial charge in [-0.25, -0.2) is 0 Å². The lowest BCUT2D eigenvalue weighted by Gasteiger charge is -2.33. The number of benzene rings is 1. The zero-order valence-electron chi connectivity index (χ0n) is 12.6. The maximum absolute atomic E-state index is 6.09. The van der Waals surface area contributed by atoms with Crippen LogP contribution in [0.3, 0.4) is 0 Å². The summed E-state index contributed by atoms with van der Waals surface area (Å²) >= 11 is 0. The van der Waals surface area contributed by atoms with Crippen molar-refractivity contribution in [2.75, 3.05) is 37.8 Å².